The Morgan fingerprint density at radius 2 is 1.21 bits per heavy atom. The fourth-order valence-electron chi connectivity index (χ4n) is 16.9. The molecular weight excluding hydrogens is 1410 g/mol. The van der Waals surface area contributed by atoms with E-state index in [2.05, 4.69) is 16.0 Å². The summed E-state index contributed by atoms with van der Waals surface area (Å²) in [6.07, 6.45) is -5.35. The zero-order valence-electron chi connectivity index (χ0n) is 63.8. The fourth-order valence-corrected chi connectivity index (χ4v) is 17.4. The summed E-state index contributed by atoms with van der Waals surface area (Å²) in [5, 5.41) is 7.37. The maximum atomic E-state index is 16.0. The second kappa shape index (κ2) is 38.7. The van der Waals surface area contributed by atoms with Crippen molar-refractivity contribution >= 4 is 82.5 Å². The van der Waals surface area contributed by atoms with Crippen LogP contribution in [0.3, 0.4) is 0 Å². The van der Waals surface area contributed by atoms with Crippen molar-refractivity contribution in [3.05, 3.63) is 0 Å². The van der Waals surface area contributed by atoms with Crippen LogP contribution in [-0.2, 0) is 62.3 Å². The number of nitrogens with zero attached hydrogens (tertiary/aromatic N) is 9. The molecule has 4 aliphatic carbocycles. The van der Waals surface area contributed by atoms with Crippen LogP contribution in [0.15, 0.2) is 0 Å². The number of hydrogen-bond acceptors (Lipinski definition) is 13. The SMILES string of the molecule is CCC[C@H]1C(=O)N[C@@H]([C@@H](C)CC)C(=O)N(C)CC(=O)N(C)CC(=O)N(CCC)[C@@H](CC2CCC(C(F)(F)F)CC2)C(=O)N(C)CC(=O)N[C@@H](CCC2CCC(C(F)(F)F)C(Cl)C2)C(=O)N2CCC[C@H]2C(=O)NC2(CCC2)C(=O)N(C)[C@@H](C2CCCC2)C(=O)N(CCC)[C@H](C(=O)N2CCOCC2)CC(=O)N1C. The summed E-state index contributed by atoms with van der Waals surface area (Å²) in [6, 6.07) is -9.19. The van der Waals surface area contributed by atoms with Gasteiger partial charge in [-0.05, 0) is 152 Å². The van der Waals surface area contributed by atoms with Crippen molar-refractivity contribution < 1.29 is 88.6 Å². The van der Waals surface area contributed by atoms with E-state index in [4.69, 9.17) is 16.3 Å². The van der Waals surface area contributed by atoms with E-state index in [0.29, 0.717) is 44.9 Å². The van der Waals surface area contributed by atoms with Gasteiger partial charge >= 0.3 is 12.4 Å². The van der Waals surface area contributed by atoms with Crippen LogP contribution in [0.4, 0.5) is 26.3 Å². The van der Waals surface area contributed by atoms with Crippen molar-refractivity contribution in [2.75, 3.05) is 101 Å². The Kier molecular flexibility index (Phi) is 31.7. The smallest absolute Gasteiger partial charge is 0.378 e. The van der Waals surface area contributed by atoms with Crippen molar-refractivity contribution in [1.82, 2.24) is 60.0 Å². The van der Waals surface area contributed by atoms with Crippen molar-refractivity contribution in [3.8, 4) is 0 Å². The van der Waals surface area contributed by atoms with Gasteiger partial charge in [0.2, 0.25) is 70.9 Å². The van der Waals surface area contributed by atoms with Gasteiger partial charge in [0.25, 0.3) is 0 Å². The summed E-state index contributed by atoms with van der Waals surface area (Å²) in [5.74, 6) is -13.7. The van der Waals surface area contributed by atoms with E-state index in [-0.39, 0.29) is 142 Å². The van der Waals surface area contributed by atoms with Gasteiger partial charge in [-0.3, -0.25) is 57.5 Å². The highest BCUT2D eigenvalue weighted by Crippen LogP contribution is 2.45. The molecule has 600 valence electrons. The van der Waals surface area contributed by atoms with E-state index >= 15 is 33.6 Å². The summed E-state index contributed by atoms with van der Waals surface area (Å²) >= 11 is 6.40. The standard InChI is InChI=1S/C74H117ClF6N12O13/c1-11-19-54-64(98)83-62(46(5)14-4)69(103)87(8)44-60(96)85(6)45-61(97)91(33-12-2)56(41-48-23-27-50(28-24-48)73(76,77)78)67(101)86(7)43-58(94)82-53(30-26-47-25-29-51(52(75)40-47)74(79,80)81)66(100)93-35-17-22-55(93)65(99)84-72(31-18-32-72)71(105)89(10)63(49-20-15-16-21-49)70(104)92(34-13-3)57(42-59(95)88(54)9)68(102)90-36-38-106-39-37-90/h46-57,62-63H,11-45H2,1-10H3,(H,82,94)(H,83,98)(H,84,99)/t46-,47?,48?,50?,51?,52?,53-,54-,55-,56-,57-,62-,63-/m0/s1. The molecule has 7 fully saturated rings. The summed E-state index contributed by atoms with van der Waals surface area (Å²) in [5.41, 5.74) is -1.58. The maximum Gasteiger partial charge on any atom is 0.393 e. The van der Waals surface area contributed by atoms with Gasteiger partial charge in [0.1, 0.15) is 47.8 Å². The molecular formula is C74H117ClF6N12O13. The lowest BCUT2D eigenvalue weighted by Gasteiger charge is -2.47. The van der Waals surface area contributed by atoms with Crippen LogP contribution in [0, 0.1) is 35.5 Å². The molecule has 3 N–H and O–H groups in total. The first-order valence-corrected chi connectivity index (χ1v) is 39.2. The number of carbonyl (C=O) groups is 12. The number of carbonyl (C=O) groups excluding carboxylic acids is 12. The number of hydrogen-bond donors (Lipinski definition) is 3. The molecule has 4 saturated carbocycles. The Labute approximate surface area is 625 Å². The minimum atomic E-state index is -4.55. The van der Waals surface area contributed by atoms with E-state index in [1.165, 1.54) is 64.6 Å². The Balaban J connectivity index is 1.29. The molecule has 0 radical (unpaired) electrons. The molecule has 3 heterocycles. The number of alkyl halides is 7. The highest BCUT2D eigenvalue weighted by atomic mass is 35.5. The lowest BCUT2D eigenvalue weighted by molar-refractivity contribution is -0.184. The zero-order chi connectivity index (χ0) is 78.3. The van der Waals surface area contributed by atoms with Crippen molar-refractivity contribution in [3.63, 3.8) is 0 Å². The predicted molar refractivity (Wildman–Crippen MR) is 381 cm³/mol. The Hall–Kier alpha value is -6.53. The van der Waals surface area contributed by atoms with E-state index in [1.54, 1.807) is 27.7 Å². The number of amides is 12. The number of rotatable bonds is 15. The van der Waals surface area contributed by atoms with Crippen LogP contribution in [0.2, 0.25) is 0 Å². The van der Waals surface area contributed by atoms with Gasteiger partial charge in [0, 0.05) is 73.3 Å². The minimum Gasteiger partial charge on any atom is -0.378 e. The molecule has 0 aromatic rings. The van der Waals surface area contributed by atoms with Gasteiger partial charge in [-0.15, -0.1) is 11.6 Å². The molecule has 32 heteroatoms. The largest absolute Gasteiger partial charge is 0.393 e. The number of halogens is 7. The van der Waals surface area contributed by atoms with Crippen LogP contribution in [-0.4, -0.2) is 281 Å². The van der Waals surface area contributed by atoms with Gasteiger partial charge in [-0.1, -0.05) is 60.3 Å². The van der Waals surface area contributed by atoms with E-state index in [1.807, 2.05) is 6.92 Å². The summed E-state index contributed by atoms with van der Waals surface area (Å²) < 4.78 is 89.9. The summed E-state index contributed by atoms with van der Waals surface area (Å²) in [4.78, 5) is 192. The normalized spacial score (nSPS) is 30.2. The fraction of sp³-hybridized carbons (Fsp3) is 0.838. The van der Waals surface area contributed by atoms with Gasteiger partial charge in [0.15, 0.2) is 0 Å². The van der Waals surface area contributed by atoms with E-state index < -0.39 is 198 Å². The molecule has 0 bridgehead atoms. The first-order valence-electron chi connectivity index (χ1n) is 38.7. The third kappa shape index (κ3) is 21.7. The van der Waals surface area contributed by atoms with E-state index in [0.717, 1.165) is 27.5 Å². The molecule has 1 spiro atoms. The monoisotopic (exact) mass is 1530 g/mol. The Bertz CT molecular complexity index is 3080. The van der Waals surface area contributed by atoms with E-state index in [9.17, 15) is 50.3 Å². The van der Waals surface area contributed by atoms with Crippen LogP contribution in [0.5, 0.6) is 0 Å². The molecule has 11 atom stereocenters. The average molecular weight is 1530 g/mol. The number of likely N-dealkylation sites (N-methyl/N-ethyl adjacent to an activating group) is 5. The molecule has 0 aromatic carbocycles. The second-order valence-corrected chi connectivity index (χ2v) is 31.7. The minimum absolute atomic E-state index is 0.00570. The summed E-state index contributed by atoms with van der Waals surface area (Å²) in [6.45, 7) is 7.37. The first kappa shape index (κ1) is 86.7. The number of ether oxygens (including phenoxy) is 1. The molecule has 0 aromatic heterocycles. The van der Waals surface area contributed by atoms with Crippen LogP contribution in [0.1, 0.15) is 195 Å². The van der Waals surface area contributed by atoms with Crippen LogP contribution in [0.25, 0.3) is 0 Å². The van der Waals surface area contributed by atoms with Crippen molar-refractivity contribution in [2.45, 2.75) is 261 Å². The Morgan fingerprint density at radius 3 is 1.78 bits per heavy atom. The maximum absolute atomic E-state index is 16.0. The van der Waals surface area contributed by atoms with Gasteiger partial charge < -0.3 is 64.8 Å². The molecule has 106 heavy (non-hydrogen) atoms. The molecule has 3 saturated heterocycles. The average Bonchev–Trinajstić information content (AvgIpc) is 1.08. The number of morpholine rings is 1. The molecule has 25 nitrogen and oxygen atoms in total. The Morgan fingerprint density at radius 1 is 0.594 bits per heavy atom. The van der Waals surface area contributed by atoms with Gasteiger partial charge in [-0.2, -0.15) is 26.3 Å². The second-order valence-electron chi connectivity index (χ2n) is 31.2. The molecule has 7 aliphatic rings. The van der Waals surface area contributed by atoms with Gasteiger partial charge in [0.05, 0.1) is 51.1 Å². The molecule has 3 aliphatic heterocycles. The predicted octanol–water partition coefficient (Wildman–Crippen LogP) is 6.65. The van der Waals surface area contributed by atoms with Gasteiger partial charge in [-0.25, -0.2) is 0 Å². The van der Waals surface area contributed by atoms with Crippen molar-refractivity contribution in [2.24, 2.45) is 35.5 Å². The topological polar surface area (TPSA) is 279 Å². The molecule has 12 amide bonds. The lowest BCUT2D eigenvalue weighted by atomic mass is 9.74. The number of nitrogens with one attached hydrogen (secondary N) is 3. The first-order chi connectivity index (χ1) is 50.0. The number of fused-ring (bicyclic) bond motifs is 1. The summed E-state index contributed by atoms with van der Waals surface area (Å²) in [7, 11) is 6.83. The third-order valence-electron chi connectivity index (χ3n) is 23.7. The highest BCUT2D eigenvalue weighted by molar-refractivity contribution is 6.21. The van der Waals surface area contributed by atoms with Crippen LogP contribution < -0.4 is 16.0 Å². The highest BCUT2D eigenvalue weighted by Gasteiger charge is 2.54. The molecule has 3 unspecified atom stereocenters. The molecule has 7 rings (SSSR count). The van der Waals surface area contributed by atoms with Crippen molar-refractivity contribution in [1.29, 1.82) is 0 Å². The third-order valence-corrected chi connectivity index (χ3v) is 24.2. The van der Waals surface area contributed by atoms with Crippen LogP contribution >= 0.6 is 11.6 Å². The lowest BCUT2D eigenvalue weighted by Crippen LogP contribution is -2.68. The zero-order valence-corrected chi connectivity index (χ0v) is 64.6. The quantitative estimate of drug-likeness (QED) is 0.115.